The molecule has 4 heteroatoms. The number of rotatable bonds is 4. The fourth-order valence-corrected chi connectivity index (χ4v) is 2.78. The predicted molar refractivity (Wildman–Crippen MR) is 79.6 cm³/mol. The van der Waals surface area contributed by atoms with Gasteiger partial charge in [-0.05, 0) is 44.4 Å². The molecule has 2 N–H and O–H groups in total. The van der Waals surface area contributed by atoms with Crippen LogP contribution in [-0.4, -0.2) is 17.9 Å². The summed E-state index contributed by atoms with van der Waals surface area (Å²) >= 11 is 0. The zero-order chi connectivity index (χ0) is 14.8. The van der Waals surface area contributed by atoms with Crippen LogP contribution in [0.15, 0.2) is 24.3 Å². The summed E-state index contributed by atoms with van der Waals surface area (Å²) in [4.78, 5) is 23.6. The third-order valence-electron chi connectivity index (χ3n) is 3.96. The van der Waals surface area contributed by atoms with Gasteiger partial charge in [0.2, 0.25) is 11.8 Å². The van der Waals surface area contributed by atoms with Gasteiger partial charge in [0.15, 0.2) is 0 Å². The number of anilines is 1. The molecule has 1 atom stereocenters. The quantitative estimate of drug-likeness (QED) is 0.830. The summed E-state index contributed by atoms with van der Waals surface area (Å²) < 4.78 is 0. The maximum absolute atomic E-state index is 12.3. The van der Waals surface area contributed by atoms with Crippen LogP contribution in [0.25, 0.3) is 0 Å². The predicted octanol–water partition coefficient (Wildman–Crippen LogP) is 2.59. The van der Waals surface area contributed by atoms with Crippen LogP contribution in [0.4, 0.5) is 5.69 Å². The number of imide groups is 1. The lowest BCUT2D eigenvalue weighted by atomic mass is 9.72. The number of piperidine rings is 1. The van der Waals surface area contributed by atoms with Crippen LogP contribution in [0.3, 0.4) is 0 Å². The van der Waals surface area contributed by atoms with Crippen molar-refractivity contribution in [1.29, 1.82) is 0 Å². The van der Waals surface area contributed by atoms with E-state index in [9.17, 15) is 9.59 Å². The van der Waals surface area contributed by atoms with Crippen LogP contribution >= 0.6 is 0 Å². The van der Waals surface area contributed by atoms with Gasteiger partial charge in [-0.2, -0.15) is 0 Å². The Bertz CT molecular complexity index is 508. The van der Waals surface area contributed by atoms with Crippen molar-refractivity contribution in [2.24, 2.45) is 0 Å². The van der Waals surface area contributed by atoms with Gasteiger partial charge in [-0.25, -0.2) is 0 Å². The third-order valence-corrected chi connectivity index (χ3v) is 3.96. The smallest absolute Gasteiger partial charge is 0.237 e. The van der Waals surface area contributed by atoms with Gasteiger partial charge in [0.1, 0.15) is 0 Å². The van der Waals surface area contributed by atoms with Gasteiger partial charge in [0.25, 0.3) is 0 Å². The van der Waals surface area contributed by atoms with Crippen LogP contribution in [0, 0.1) is 0 Å². The number of hydrogen-bond donors (Lipinski definition) is 2. The first-order valence-electron chi connectivity index (χ1n) is 7.19. The minimum absolute atomic E-state index is 0.166. The van der Waals surface area contributed by atoms with Crippen molar-refractivity contribution in [3.63, 3.8) is 0 Å². The van der Waals surface area contributed by atoms with Crippen molar-refractivity contribution in [1.82, 2.24) is 5.32 Å². The lowest BCUT2D eigenvalue weighted by Crippen LogP contribution is -2.51. The first-order valence-corrected chi connectivity index (χ1v) is 7.19. The van der Waals surface area contributed by atoms with Gasteiger partial charge < -0.3 is 5.32 Å². The van der Waals surface area contributed by atoms with E-state index in [0.717, 1.165) is 11.3 Å². The minimum Gasteiger partial charge on any atom is -0.383 e. The summed E-state index contributed by atoms with van der Waals surface area (Å²) in [6.07, 6.45) is 1.69. The average molecular weight is 274 g/mol. The molecular formula is C16H22N2O2. The number of benzene rings is 1. The first-order chi connectivity index (χ1) is 9.48. The SMILES string of the molecule is CCC1(c2ccc(NC(C)C)cc2)CCC(=O)NC1=O. The topological polar surface area (TPSA) is 58.2 Å². The first kappa shape index (κ1) is 14.6. The fourth-order valence-electron chi connectivity index (χ4n) is 2.78. The van der Waals surface area contributed by atoms with Crippen molar-refractivity contribution in [3.8, 4) is 0 Å². The Morgan fingerprint density at radius 1 is 1.25 bits per heavy atom. The van der Waals surface area contributed by atoms with E-state index in [2.05, 4.69) is 24.5 Å². The van der Waals surface area contributed by atoms with Crippen LogP contribution in [0.2, 0.25) is 0 Å². The summed E-state index contributed by atoms with van der Waals surface area (Å²) in [5.74, 6) is -0.335. The van der Waals surface area contributed by atoms with Gasteiger partial charge in [-0.3, -0.25) is 14.9 Å². The Labute approximate surface area is 119 Å². The van der Waals surface area contributed by atoms with Crippen LogP contribution in [-0.2, 0) is 15.0 Å². The highest BCUT2D eigenvalue weighted by molar-refractivity contribution is 6.03. The zero-order valence-electron chi connectivity index (χ0n) is 12.3. The van der Waals surface area contributed by atoms with E-state index in [4.69, 9.17) is 0 Å². The lowest BCUT2D eigenvalue weighted by Gasteiger charge is -2.35. The largest absolute Gasteiger partial charge is 0.383 e. The van der Waals surface area contributed by atoms with Crippen LogP contribution < -0.4 is 10.6 Å². The Hall–Kier alpha value is -1.84. The molecule has 2 rings (SSSR count). The fraction of sp³-hybridized carbons (Fsp3) is 0.500. The number of amides is 2. The molecule has 1 aliphatic heterocycles. The summed E-state index contributed by atoms with van der Waals surface area (Å²) in [5.41, 5.74) is 1.46. The Balaban J connectivity index is 2.27. The number of carbonyl (C=O) groups excluding carboxylic acids is 2. The second kappa shape index (κ2) is 5.65. The van der Waals surface area contributed by atoms with E-state index in [1.807, 2.05) is 31.2 Å². The average Bonchev–Trinajstić information content (AvgIpc) is 2.40. The van der Waals surface area contributed by atoms with E-state index in [0.29, 0.717) is 25.3 Å². The Morgan fingerprint density at radius 2 is 1.90 bits per heavy atom. The van der Waals surface area contributed by atoms with Crippen molar-refractivity contribution < 1.29 is 9.59 Å². The lowest BCUT2D eigenvalue weighted by molar-refractivity contribution is -0.138. The van der Waals surface area contributed by atoms with Gasteiger partial charge in [0.05, 0.1) is 5.41 Å². The van der Waals surface area contributed by atoms with Crippen molar-refractivity contribution >= 4 is 17.5 Å². The van der Waals surface area contributed by atoms with Gasteiger partial charge >= 0.3 is 0 Å². The molecule has 1 aromatic carbocycles. The summed E-state index contributed by atoms with van der Waals surface area (Å²) in [5, 5.41) is 5.80. The highest BCUT2D eigenvalue weighted by atomic mass is 16.2. The maximum Gasteiger partial charge on any atom is 0.237 e. The molecule has 1 aromatic rings. The van der Waals surface area contributed by atoms with E-state index >= 15 is 0 Å². The van der Waals surface area contributed by atoms with E-state index < -0.39 is 5.41 Å². The van der Waals surface area contributed by atoms with Crippen LogP contribution in [0.5, 0.6) is 0 Å². The van der Waals surface area contributed by atoms with E-state index in [1.165, 1.54) is 0 Å². The molecule has 0 radical (unpaired) electrons. The molecule has 1 unspecified atom stereocenters. The van der Waals surface area contributed by atoms with Crippen molar-refractivity contribution in [2.45, 2.75) is 51.5 Å². The molecule has 0 bridgehead atoms. The number of carbonyl (C=O) groups is 2. The number of hydrogen-bond acceptors (Lipinski definition) is 3. The van der Waals surface area contributed by atoms with Gasteiger partial charge in [-0.1, -0.05) is 19.1 Å². The Morgan fingerprint density at radius 3 is 2.40 bits per heavy atom. The molecule has 1 saturated heterocycles. The molecule has 1 fully saturated rings. The highest BCUT2D eigenvalue weighted by Crippen LogP contribution is 2.36. The summed E-state index contributed by atoms with van der Waals surface area (Å²) in [6, 6.07) is 8.34. The van der Waals surface area contributed by atoms with E-state index in [1.54, 1.807) is 0 Å². The maximum atomic E-state index is 12.3. The monoisotopic (exact) mass is 274 g/mol. The molecule has 1 heterocycles. The number of nitrogens with one attached hydrogen (secondary N) is 2. The Kier molecular flexibility index (Phi) is 4.12. The third kappa shape index (κ3) is 2.69. The molecule has 20 heavy (non-hydrogen) atoms. The highest BCUT2D eigenvalue weighted by Gasteiger charge is 2.42. The molecule has 108 valence electrons. The van der Waals surface area contributed by atoms with Crippen molar-refractivity contribution in [2.75, 3.05) is 5.32 Å². The van der Waals surface area contributed by atoms with Crippen LogP contribution in [0.1, 0.15) is 45.6 Å². The van der Waals surface area contributed by atoms with Gasteiger partial charge in [0, 0.05) is 18.2 Å². The zero-order valence-corrected chi connectivity index (χ0v) is 12.3. The molecule has 0 aliphatic carbocycles. The van der Waals surface area contributed by atoms with E-state index in [-0.39, 0.29) is 11.8 Å². The molecule has 0 spiro atoms. The standard InChI is InChI=1S/C16H22N2O2/c1-4-16(10-9-14(19)18-15(16)20)12-5-7-13(8-6-12)17-11(2)3/h5-8,11,17H,4,9-10H2,1-3H3,(H,18,19,20). The molecule has 1 aliphatic rings. The molecule has 2 amide bonds. The molecule has 4 nitrogen and oxygen atoms in total. The molecule has 0 saturated carbocycles. The minimum atomic E-state index is -0.565. The molecule has 0 aromatic heterocycles. The summed E-state index contributed by atoms with van der Waals surface area (Å²) in [7, 11) is 0. The molecular weight excluding hydrogens is 252 g/mol. The normalized spacial score (nSPS) is 22.8. The van der Waals surface area contributed by atoms with Gasteiger partial charge in [-0.15, -0.1) is 0 Å². The second-order valence-electron chi connectivity index (χ2n) is 5.69. The second-order valence-corrected chi connectivity index (χ2v) is 5.69. The van der Waals surface area contributed by atoms with Crippen molar-refractivity contribution in [3.05, 3.63) is 29.8 Å². The summed E-state index contributed by atoms with van der Waals surface area (Å²) in [6.45, 7) is 6.17.